The van der Waals surface area contributed by atoms with Crippen LogP contribution in [0.1, 0.15) is 17.6 Å². The zero-order chi connectivity index (χ0) is 8.27. The maximum atomic E-state index is 4.29. The highest BCUT2D eigenvalue weighted by Crippen LogP contribution is 2.11. The third-order valence-electron chi connectivity index (χ3n) is 1.33. The molecule has 1 heterocycles. The largest absolute Gasteiger partial charge is 0.242 e. The van der Waals surface area contributed by atoms with Crippen molar-refractivity contribution in [2.75, 3.05) is 0 Å². The molecule has 2 heteroatoms. The Morgan fingerprint density at radius 1 is 1.73 bits per heavy atom. The SMILES string of the molecule is C=C/C(C)=C/c1csc(C)n1. The predicted octanol–water partition coefficient (Wildman–Crippen LogP) is 3.04. The average Bonchev–Trinajstić information content (AvgIpc) is 2.35. The molecule has 0 fully saturated rings. The Morgan fingerprint density at radius 2 is 2.45 bits per heavy atom. The highest BCUT2D eigenvalue weighted by atomic mass is 32.1. The number of aryl methyl sites for hydroxylation is 1. The normalized spacial score (nSPS) is 11.6. The van der Waals surface area contributed by atoms with Gasteiger partial charge in [-0.15, -0.1) is 11.3 Å². The molecule has 0 atom stereocenters. The van der Waals surface area contributed by atoms with Gasteiger partial charge >= 0.3 is 0 Å². The van der Waals surface area contributed by atoms with E-state index in [0.717, 1.165) is 16.3 Å². The fourth-order valence-electron chi connectivity index (χ4n) is 0.739. The van der Waals surface area contributed by atoms with Crippen LogP contribution in [-0.4, -0.2) is 4.98 Å². The number of hydrogen-bond donors (Lipinski definition) is 0. The van der Waals surface area contributed by atoms with Gasteiger partial charge in [-0.25, -0.2) is 4.98 Å². The van der Waals surface area contributed by atoms with Crippen LogP contribution < -0.4 is 0 Å². The maximum Gasteiger partial charge on any atom is 0.0901 e. The van der Waals surface area contributed by atoms with Crippen LogP contribution in [0.3, 0.4) is 0 Å². The molecule has 0 saturated carbocycles. The zero-order valence-electron chi connectivity index (χ0n) is 6.79. The van der Waals surface area contributed by atoms with Gasteiger partial charge in [-0.2, -0.15) is 0 Å². The number of rotatable bonds is 2. The number of allylic oxidation sites excluding steroid dienone is 2. The summed E-state index contributed by atoms with van der Waals surface area (Å²) in [4.78, 5) is 4.29. The molecule has 0 saturated heterocycles. The Bertz CT molecular complexity index is 284. The van der Waals surface area contributed by atoms with Crippen LogP contribution in [0.4, 0.5) is 0 Å². The second kappa shape index (κ2) is 3.49. The number of nitrogens with zero attached hydrogens (tertiary/aromatic N) is 1. The van der Waals surface area contributed by atoms with Crippen LogP contribution >= 0.6 is 11.3 Å². The standard InChI is InChI=1S/C9H11NS/c1-4-7(2)5-9-6-11-8(3)10-9/h4-6H,1H2,2-3H3/b7-5+. The molecule has 11 heavy (non-hydrogen) atoms. The molecule has 0 N–H and O–H groups in total. The summed E-state index contributed by atoms with van der Waals surface area (Å²) in [6.07, 6.45) is 3.85. The van der Waals surface area contributed by atoms with Crippen molar-refractivity contribution in [2.24, 2.45) is 0 Å². The molecule has 0 bridgehead atoms. The van der Waals surface area contributed by atoms with E-state index in [0.29, 0.717) is 0 Å². The Labute approximate surface area is 71.1 Å². The minimum atomic E-state index is 1.03. The van der Waals surface area contributed by atoms with Crippen molar-refractivity contribution in [3.05, 3.63) is 34.3 Å². The molecular formula is C9H11NS. The summed E-state index contributed by atoms with van der Waals surface area (Å²) in [7, 11) is 0. The van der Waals surface area contributed by atoms with E-state index in [1.807, 2.05) is 31.4 Å². The van der Waals surface area contributed by atoms with Gasteiger partial charge in [0.25, 0.3) is 0 Å². The van der Waals surface area contributed by atoms with Crippen molar-refractivity contribution in [2.45, 2.75) is 13.8 Å². The van der Waals surface area contributed by atoms with E-state index in [9.17, 15) is 0 Å². The number of aromatic nitrogens is 1. The molecule has 0 aromatic carbocycles. The number of thiazole rings is 1. The molecule has 1 rings (SSSR count). The van der Waals surface area contributed by atoms with E-state index in [1.165, 1.54) is 0 Å². The van der Waals surface area contributed by atoms with E-state index in [2.05, 4.69) is 11.6 Å². The fraction of sp³-hybridized carbons (Fsp3) is 0.222. The molecular weight excluding hydrogens is 154 g/mol. The van der Waals surface area contributed by atoms with Gasteiger partial charge in [0.05, 0.1) is 10.7 Å². The lowest BCUT2D eigenvalue weighted by molar-refractivity contribution is 1.27. The number of hydrogen-bond acceptors (Lipinski definition) is 2. The Kier molecular flexibility index (Phi) is 2.60. The first-order chi connectivity index (χ1) is 5.22. The lowest BCUT2D eigenvalue weighted by atomic mass is 10.2. The zero-order valence-corrected chi connectivity index (χ0v) is 7.61. The summed E-state index contributed by atoms with van der Waals surface area (Å²) < 4.78 is 0. The van der Waals surface area contributed by atoms with Gasteiger partial charge in [-0.05, 0) is 25.5 Å². The maximum absolute atomic E-state index is 4.29. The third kappa shape index (κ3) is 2.31. The van der Waals surface area contributed by atoms with E-state index >= 15 is 0 Å². The van der Waals surface area contributed by atoms with Crippen molar-refractivity contribution in [1.29, 1.82) is 0 Å². The Hall–Kier alpha value is -0.890. The van der Waals surface area contributed by atoms with Crippen LogP contribution in [-0.2, 0) is 0 Å². The average molecular weight is 165 g/mol. The highest BCUT2D eigenvalue weighted by Gasteiger charge is 1.92. The minimum absolute atomic E-state index is 1.03. The first-order valence-corrected chi connectivity index (χ1v) is 4.33. The van der Waals surface area contributed by atoms with Gasteiger partial charge in [0.15, 0.2) is 0 Å². The molecule has 1 aromatic rings. The summed E-state index contributed by atoms with van der Waals surface area (Å²) >= 11 is 1.67. The van der Waals surface area contributed by atoms with Crippen molar-refractivity contribution < 1.29 is 0 Å². The fourth-order valence-corrected chi connectivity index (χ4v) is 1.31. The van der Waals surface area contributed by atoms with Crippen molar-refractivity contribution in [1.82, 2.24) is 4.98 Å². The second-order valence-electron chi connectivity index (χ2n) is 2.38. The van der Waals surface area contributed by atoms with Crippen LogP contribution in [0.25, 0.3) is 6.08 Å². The van der Waals surface area contributed by atoms with Crippen molar-refractivity contribution in [3.63, 3.8) is 0 Å². The van der Waals surface area contributed by atoms with Crippen LogP contribution in [0, 0.1) is 6.92 Å². The summed E-state index contributed by atoms with van der Waals surface area (Å²) in [5.41, 5.74) is 2.18. The molecule has 0 aliphatic heterocycles. The lowest BCUT2D eigenvalue weighted by Crippen LogP contribution is -1.73. The molecule has 0 unspecified atom stereocenters. The van der Waals surface area contributed by atoms with Gasteiger partial charge in [-0.1, -0.05) is 12.7 Å². The van der Waals surface area contributed by atoms with Crippen molar-refractivity contribution >= 4 is 17.4 Å². The minimum Gasteiger partial charge on any atom is -0.242 e. The summed E-state index contributed by atoms with van der Waals surface area (Å²) in [5, 5.41) is 3.15. The molecule has 58 valence electrons. The van der Waals surface area contributed by atoms with E-state index in [-0.39, 0.29) is 0 Å². The molecule has 0 spiro atoms. The van der Waals surface area contributed by atoms with Crippen LogP contribution in [0.2, 0.25) is 0 Å². The van der Waals surface area contributed by atoms with Crippen LogP contribution in [0.15, 0.2) is 23.6 Å². The van der Waals surface area contributed by atoms with Crippen LogP contribution in [0.5, 0.6) is 0 Å². The third-order valence-corrected chi connectivity index (χ3v) is 2.13. The van der Waals surface area contributed by atoms with Gasteiger partial charge in [0.1, 0.15) is 0 Å². The first kappa shape index (κ1) is 8.21. The smallest absolute Gasteiger partial charge is 0.0901 e. The predicted molar refractivity (Wildman–Crippen MR) is 50.7 cm³/mol. The molecule has 0 aliphatic carbocycles. The van der Waals surface area contributed by atoms with E-state index in [4.69, 9.17) is 0 Å². The monoisotopic (exact) mass is 165 g/mol. The van der Waals surface area contributed by atoms with Gasteiger partial charge in [0, 0.05) is 5.38 Å². The molecule has 0 aliphatic rings. The molecule has 0 amide bonds. The Balaban J connectivity index is 2.86. The molecule has 1 aromatic heterocycles. The molecule has 1 nitrogen and oxygen atoms in total. The highest BCUT2D eigenvalue weighted by molar-refractivity contribution is 7.09. The lowest BCUT2D eigenvalue weighted by Gasteiger charge is -1.86. The van der Waals surface area contributed by atoms with E-state index in [1.54, 1.807) is 11.3 Å². The Morgan fingerprint density at radius 3 is 2.91 bits per heavy atom. The second-order valence-corrected chi connectivity index (χ2v) is 3.45. The summed E-state index contributed by atoms with van der Waals surface area (Å²) in [6.45, 7) is 7.69. The van der Waals surface area contributed by atoms with Gasteiger partial charge in [0.2, 0.25) is 0 Å². The quantitative estimate of drug-likeness (QED) is 0.614. The summed E-state index contributed by atoms with van der Waals surface area (Å²) in [6, 6.07) is 0. The topological polar surface area (TPSA) is 12.9 Å². The molecule has 0 radical (unpaired) electrons. The van der Waals surface area contributed by atoms with E-state index < -0.39 is 0 Å². The van der Waals surface area contributed by atoms with Crippen molar-refractivity contribution in [3.8, 4) is 0 Å². The van der Waals surface area contributed by atoms with Gasteiger partial charge in [-0.3, -0.25) is 0 Å². The summed E-state index contributed by atoms with van der Waals surface area (Å²) in [5.74, 6) is 0. The first-order valence-electron chi connectivity index (χ1n) is 3.45. The van der Waals surface area contributed by atoms with Gasteiger partial charge < -0.3 is 0 Å².